The highest BCUT2D eigenvalue weighted by Crippen LogP contribution is 2.22. The molecule has 0 heterocycles. The molecule has 0 aliphatic rings. The van der Waals surface area contributed by atoms with Crippen molar-refractivity contribution in [3.8, 4) is 0 Å². The molecule has 2 aromatic carbocycles. The summed E-state index contributed by atoms with van der Waals surface area (Å²) in [6.45, 7) is 0. The zero-order chi connectivity index (χ0) is 13.1. The third-order valence-electron chi connectivity index (χ3n) is 2.70. The Balaban J connectivity index is 2.18. The molecule has 0 saturated carbocycles. The van der Waals surface area contributed by atoms with E-state index in [1.807, 2.05) is 0 Å². The lowest BCUT2D eigenvalue weighted by atomic mass is 10.0. The number of aliphatic hydroxyl groups is 1. The second-order valence-electron chi connectivity index (χ2n) is 3.98. The summed E-state index contributed by atoms with van der Waals surface area (Å²) in [6, 6.07) is 10.5. The predicted octanol–water partition coefficient (Wildman–Crippen LogP) is 3.89. The van der Waals surface area contributed by atoms with Gasteiger partial charge in [0.15, 0.2) is 11.6 Å². The zero-order valence-corrected chi connectivity index (χ0v) is 10.2. The number of hydrogen-bond donors (Lipinski definition) is 1. The summed E-state index contributed by atoms with van der Waals surface area (Å²) < 4.78 is 26.4. The van der Waals surface area contributed by atoms with Crippen molar-refractivity contribution >= 4 is 11.6 Å². The van der Waals surface area contributed by atoms with Gasteiger partial charge in [-0.15, -0.1) is 0 Å². The molecular weight excluding hydrogens is 258 g/mol. The fourth-order valence-corrected chi connectivity index (χ4v) is 1.84. The van der Waals surface area contributed by atoms with Gasteiger partial charge in [-0.25, -0.2) is 8.78 Å². The van der Waals surface area contributed by atoms with Crippen molar-refractivity contribution in [2.24, 2.45) is 0 Å². The first-order chi connectivity index (χ1) is 8.58. The van der Waals surface area contributed by atoms with Crippen LogP contribution in [0, 0.1) is 11.6 Å². The van der Waals surface area contributed by atoms with E-state index in [0.717, 1.165) is 6.07 Å². The van der Waals surface area contributed by atoms with E-state index in [2.05, 4.69) is 0 Å². The summed E-state index contributed by atoms with van der Waals surface area (Å²) in [7, 11) is 0. The Morgan fingerprint density at radius 3 is 2.39 bits per heavy atom. The molecule has 0 aromatic heterocycles. The van der Waals surface area contributed by atoms with Crippen LogP contribution in [0.1, 0.15) is 17.2 Å². The van der Waals surface area contributed by atoms with Crippen molar-refractivity contribution in [3.05, 3.63) is 70.2 Å². The minimum absolute atomic E-state index is 0.0191. The molecular formula is C14H11ClF2O. The standard InChI is InChI=1S/C14H11ClF2O/c15-11-6-4-9(5-7-11)13(18)8-10-2-1-3-12(16)14(10)17/h1-7,13,18H,8H2. The third kappa shape index (κ3) is 2.86. The van der Waals surface area contributed by atoms with Gasteiger partial charge in [-0.1, -0.05) is 35.9 Å². The number of hydrogen-bond acceptors (Lipinski definition) is 1. The molecule has 0 saturated heterocycles. The molecule has 0 amide bonds. The number of aliphatic hydroxyl groups excluding tert-OH is 1. The largest absolute Gasteiger partial charge is 0.388 e. The Labute approximate surface area is 109 Å². The van der Waals surface area contributed by atoms with E-state index in [1.54, 1.807) is 24.3 Å². The molecule has 0 fully saturated rings. The van der Waals surface area contributed by atoms with Crippen LogP contribution in [0.25, 0.3) is 0 Å². The molecule has 0 aliphatic heterocycles. The molecule has 18 heavy (non-hydrogen) atoms. The fourth-order valence-electron chi connectivity index (χ4n) is 1.72. The minimum atomic E-state index is -0.912. The fraction of sp³-hybridized carbons (Fsp3) is 0.143. The van der Waals surface area contributed by atoms with E-state index in [-0.39, 0.29) is 12.0 Å². The van der Waals surface area contributed by atoms with Crippen molar-refractivity contribution in [2.45, 2.75) is 12.5 Å². The molecule has 0 radical (unpaired) electrons. The Morgan fingerprint density at radius 1 is 1.06 bits per heavy atom. The first kappa shape index (κ1) is 13.0. The van der Waals surface area contributed by atoms with E-state index in [9.17, 15) is 13.9 Å². The van der Waals surface area contributed by atoms with Crippen molar-refractivity contribution in [2.75, 3.05) is 0 Å². The molecule has 94 valence electrons. The lowest BCUT2D eigenvalue weighted by Crippen LogP contribution is -2.04. The Hall–Kier alpha value is -1.45. The molecule has 1 unspecified atom stereocenters. The molecule has 2 rings (SSSR count). The van der Waals surface area contributed by atoms with Crippen molar-refractivity contribution in [1.82, 2.24) is 0 Å². The maximum atomic E-state index is 13.4. The second-order valence-corrected chi connectivity index (χ2v) is 4.42. The van der Waals surface area contributed by atoms with Gasteiger partial charge in [0.05, 0.1) is 6.10 Å². The maximum absolute atomic E-state index is 13.4. The summed E-state index contributed by atoms with van der Waals surface area (Å²) in [5, 5.41) is 10.5. The van der Waals surface area contributed by atoms with Gasteiger partial charge in [-0.2, -0.15) is 0 Å². The average molecular weight is 269 g/mol. The monoisotopic (exact) mass is 268 g/mol. The van der Waals surface area contributed by atoms with Crippen molar-refractivity contribution < 1.29 is 13.9 Å². The van der Waals surface area contributed by atoms with Crippen LogP contribution in [0.15, 0.2) is 42.5 Å². The summed E-state index contributed by atoms with van der Waals surface area (Å²) in [5.41, 5.74) is 0.764. The van der Waals surface area contributed by atoms with E-state index >= 15 is 0 Å². The first-order valence-electron chi connectivity index (χ1n) is 5.44. The number of rotatable bonds is 3. The van der Waals surface area contributed by atoms with Gasteiger partial charge in [0.25, 0.3) is 0 Å². The van der Waals surface area contributed by atoms with E-state index in [0.29, 0.717) is 10.6 Å². The van der Waals surface area contributed by atoms with Gasteiger partial charge in [0.1, 0.15) is 0 Å². The molecule has 0 bridgehead atoms. The SMILES string of the molecule is OC(Cc1cccc(F)c1F)c1ccc(Cl)cc1. The molecule has 1 nitrogen and oxygen atoms in total. The molecule has 1 N–H and O–H groups in total. The smallest absolute Gasteiger partial charge is 0.162 e. The maximum Gasteiger partial charge on any atom is 0.162 e. The molecule has 1 atom stereocenters. The van der Waals surface area contributed by atoms with Crippen LogP contribution in [-0.2, 0) is 6.42 Å². The van der Waals surface area contributed by atoms with Gasteiger partial charge in [-0.05, 0) is 29.3 Å². The Morgan fingerprint density at radius 2 is 1.72 bits per heavy atom. The first-order valence-corrected chi connectivity index (χ1v) is 5.82. The Bertz CT molecular complexity index is 540. The van der Waals surface area contributed by atoms with Gasteiger partial charge in [-0.3, -0.25) is 0 Å². The summed E-state index contributed by atoms with van der Waals surface area (Å²) in [4.78, 5) is 0. The lowest BCUT2D eigenvalue weighted by Gasteiger charge is -2.12. The zero-order valence-electron chi connectivity index (χ0n) is 9.41. The highest BCUT2D eigenvalue weighted by molar-refractivity contribution is 6.30. The van der Waals surface area contributed by atoms with E-state index in [4.69, 9.17) is 11.6 Å². The molecule has 4 heteroatoms. The van der Waals surface area contributed by atoms with Gasteiger partial charge in [0, 0.05) is 11.4 Å². The van der Waals surface area contributed by atoms with Crippen LogP contribution in [-0.4, -0.2) is 5.11 Å². The second kappa shape index (κ2) is 5.46. The quantitative estimate of drug-likeness (QED) is 0.895. The molecule has 2 aromatic rings. The number of benzene rings is 2. The van der Waals surface area contributed by atoms with Gasteiger partial charge < -0.3 is 5.11 Å². The van der Waals surface area contributed by atoms with Crippen LogP contribution < -0.4 is 0 Å². The van der Waals surface area contributed by atoms with Crippen LogP contribution >= 0.6 is 11.6 Å². The van der Waals surface area contributed by atoms with Gasteiger partial charge >= 0.3 is 0 Å². The lowest BCUT2D eigenvalue weighted by molar-refractivity contribution is 0.177. The van der Waals surface area contributed by atoms with E-state index < -0.39 is 17.7 Å². The van der Waals surface area contributed by atoms with Crippen LogP contribution in [0.5, 0.6) is 0 Å². The highest BCUT2D eigenvalue weighted by atomic mass is 35.5. The summed E-state index contributed by atoms with van der Waals surface area (Å²) >= 11 is 5.73. The van der Waals surface area contributed by atoms with Gasteiger partial charge in [0.2, 0.25) is 0 Å². The van der Waals surface area contributed by atoms with Crippen molar-refractivity contribution in [3.63, 3.8) is 0 Å². The van der Waals surface area contributed by atoms with Crippen LogP contribution in [0.4, 0.5) is 8.78 Å². The normalized spacial score (nSPS) is 12.4. The minimum Gasteiger partial charge on any atom is -0.388 e. The predicted molar refractivity (Wildman–Crippen MR) is 66.5 cm³/mol. The number of halogens is 3. The van der Waals surface area contributed by atoms with E-state index in [1.165, 1.54) is 12.1 Å². The highest BCUT2D eigenvalue weighted by Gasteiger charge is 2.13. The summed E-state index contributed by atoms with van der Waals surface area (Å²) in [6.07, 6.45) is -0.871. The van der Waals surface area contributed by atoms with Crippen molar-refractivity contribution in [1.29, 1.82) is 0 Å². The third-order valence-corrected chi connectivity index (χ3v) is 2.95. The van der Waals surface area contributed by atoms with Crippen LogP contribution in [0.3, 0.4) is 0 Å². The Kier molecular flexibility index (Phi) is 3.94. The average Bonchev–Trinajstić information content (AvgIpc) is 2.36. The van der Waals surface area contributed by atoms with Crippen LogP contribution in [0.2, 0.25) is 5.02 Å². The molecule has 0 spiro atoms. The topological polar surface area (TPSA) is 20.2 Å². The molecule has 0 aliphatic carbocycles. The summed E-state index contributed by atoms with van der Waals surface area (Å²) in [5.74, 6) is -1.82.